The van der Waals surface area contributed by atoms with Crippen molar-refractivity contribution in [2.75, 3.05) is 25.1 Å². The van der Waals surface area contributed by atoms with Gasteiger partial charge in [0.25, 0.3) is 5.91 Å². The minimum absolute atomic E-state index is 0.113. The predicted octanol–water partition coefficient (Wildman–Crippen LogP) is 2.47. The Balaban J connectivity index is 1.51. The van der Waals surface area contributed by atoms with Gasteiger partial charge < -0.3 is 20.1 Å². The van der Waals surface area contributed by atoms with Gasteiger partial charge in [-0.25, -0.2) is 5.43 Å². The summed E-state index contributed by atoms with van der Waals surface area (Å²) in [6.07, 6.45) is -1.82. The van der Waals surface area contributed by atoms with E-state index in [0.29, 0.717) is 12.2 Å². The van der Waals surface area contributed by atoms with Crippen LogP contribution in [-0.4, -0.2) is 49.8 Å². The molecule has 186 valence electrons. The molecule has 3 N–H and O–H groups in total. The second-order valence-electron chi connectivity index (χ2n) is 7.46. The molecule has 0 unspecified atom stereocenters. The molecule has 3 rings (SSSR count). The molecular weight excluding hydrogens is 469 g/mol. The maximum atomic E-state index is 13.1. The van der Waals surface area contributed by atoms with Crippen molar-refractivity contribution in [3.8, 4) is 5.75 Å². The van der Waals surface area contributed by atoms with Crippen LogP contribution in [0.1, 0.15) is 24.0 Å². The number of halogens is 3. The number of anilines is 1. The van der Waals surface area contributed by atoms with Gasteiger partial charge in [-0.3, -0.25) is 14.4 Å². The highest BCUT2D eigenvalue weighted by atomic mass is 19.4. The molecule has 1 atom stereocenters. The summed E-state index contributed by atoms with van der Waals surface area (Å²) in [5, 5.41) is 8.36. The number of carbonyl (C=O) groups is 3. The van der Waals surface area contributed by atoms with Gasteiger partial charge in [-0.2, -0.15) is 18.3 Å². The van der Waals surface area contributed by atoms with Gasteiger partial charge >= 0.3 is 18.0 Å². The molecule has 35 heavy (non-hydrogen) atoms. The Labute approximate surface area is 198 Å². The third-order valence-electron chi connectivity index (χ3n) is 4.87. The summed E-state index contributed by atoms with van der Waals surface area (Å²) in [6, 6.07) is 10.9. The topological polar surface area (TPSA) is 118 Å². The Morgan fingerprint density at radius 1 is 1.09 bits per heavy atom. The van der Waals surface area contributed by atoms with Crippen LogP contribution in [0.3, 0.4) is 0 Å². The molecule has 0 aromatic heterocycles. The number of ether oxygens (including phenoxy) is 2. The number of carbonyl (C=O) groups excluding carboxylic acids is 3. The molecule has 1 saturated heterocycles. The van der Waals surface area contributed by atoms with Crippen LogP contribution in [0.4, 0.5) is 18.9 Å². The SMILES string of the molecule is O=C(COc1ccccc1/C=N\NC(=O)C(=O)NC[C@@H]1CCCO1)Nc1ccccc1C(F)(F)F. The van der Waals surface area contributed by atoms with Gasteiger partial charge in [0.15, 0.2) is 6.61 Å². The lowest BCUT2D eigenvalue weighted by Gasteiger charge is -2.14. The molecule has 1 fully saturated rings. The molecule has 0 spiro atoms. The van der Waals surface area contributed by atoms with Crippen molar-refractivity contribution in [2.45, 2.75) is 25.1 Å². The van der Waals surface area contributed by atoms with Crippen molar-refractivity contribution in [1.82, 2.24) is 10.7 Å². The van der Waals surface area contributed by atoms with Gasteiger partial charge in [0, 0.05) is 18.7 Å². The van der Waals surface area contributed by atoms with E-state index in [9.17, 15) is 27.6 Å². The third kappa shape index (κ3) is 7.81. The zero-order valence-corrected chi connectivity index (χ0v) is 18.4. The molecule has 0 saturated carbocycles. The normalized spacial score (nSPS) is 15.6. The molecule has 0 bridgehead atoms. The number of alkyl halides is 3. The molecule has 2 aromatic rings. The van der Waals surface area contributed by atoms with Crippen LogP contribution >= 0.6 is 0 Å². The quantitative estimate of drug-likeness (QED) is 0.297. The highest BCUT2D eigenvalue weighted by molar-refractivity contribution is 6.35. The zero-order chi connectivity index (χ0) is 25.3. The number of nitrogens with one attached hydrogen (secondary N) is 3. The lowest BCUT2D eigenvalue weighted by atomic mass is 10.1. The molecule has 1 aliphatic heterocycles. The lowest BCUT2D eigenvalue weighted by Crippen LogP contribution is -2.41. The Kier molecular flexibility index (Phi) is 8.79. The maximum Gasteiger partial charge on any atom is 0.418 e. The van der Waals surface area contributed by atoms with Crippen LogP contribution in [0, 0.1) is 0 Å². The average Bonchev–Trinajstić information content (AvgIpc) is 3.35. The molecular formula is C23H23F3N4O5. The summed E-state index contributed by atoms with van der Waals surface area (Å²) in [5.74, 6) is -2.45. The Hall–Kier alpha value is -3.93. The maximum absolute atomic E-state index is 13.1. The minimum atomic E-state index is -4.63. The summed E-state index contributed by atoms with van der Waals surface area (Å²) in [5.41, 5.74) is 1.08. The molecule has 0 radical (unpaired) electrons. The fourth-order valence-electron chi connectivity index (χ4n) is 3.19. The van der Waals surface area contributed by atoms with E-state index in [2.05, 4.69) is 21.2 Å². The van der Waals surface area contributed by atoms with Crippen molar-refractivity contribution in [1.29, 1.82) is 0 Å². The molecule has 9 nitrogen and oxygen atoms in total. The monoisotopic (exact) mass is 492 g/mol. The fourth-order valence-corrected chi connectivity index (χ4v) is 3.19. The number of benzene rings is 2. The van der Waals surface area contributed by atoms with Gasteiger partial charge in [0.05, 0.1) is 23.6 Å². The molecule has 1 aliphatic rings. The number of para-hydroxylation sites is 2. The second-order valence-corrected chi connectivity index (χ2v) is 7.46. The van der Waals surface area contributed by atoms with Crippen molar-refractivity contribution < 1.29 is 37.0 Å². The molecule has 0 aliphatic carbocycles. The van der Waals surface area contributed by atoms with Crippen molar-refractivity contribution in [3.63, 3.8) is 0 Å². The Morgan fingerprint density at radius 2 is 1.83 bits per heavy atom. The summed E-state index contributed by atoms with van der Waals surface area (Å²) < 4.78 is 50.0. The van der Waals surface area contributed by atoms with Gasteiger partial charge in [-0.05, 0) is 37.1 Å². The highest BCUT2D eigenvalue weighted by Gasteiger charge is 2.33. The predicted molar refractivity (Wildman–Crippen MR) is 120 cm³/mol. The number of hydrogen-bond donors (Lipinski definition) is 3. The highest BCUT2D eigenvalue weighted by Crippen LogP contribution is 2.34. The summed E-state index contributed by atoms with van der Waals surface area (Å²) in [7, 11) is 0. The summed E-state index contributed by atoms with van der Waals surface area (Å²) >= 11 is 0. The first kappa shape index (κ1) is 25.7. The minimum Gasteiger partial charge on any atom is -0.483 e. The van der Waals surface area contributed by atoms with E-state index in [1.807, 2.05) is 0 Å². The number of nitrogens with zero attached hydrogens (tertiary/aromatic N) is 1. The first-order chi connectivity index (χ1) is 16.7. The summed E-state index contributed by atoms with van der Waals surface area (Å²) in [6.45, 7) is 0.276. The molecule has 12 heteroatoms. The van der Waals surface area contributed by atoms with Crippen LogP contribution in [0.2, 0.25) is 0 Å². The average molecular weight is 492 g/mol. The van der Waals surface area contributed by atoms with Crippen LogP contribution in [0.5, 0.6) is 5.75 Å². The van der Waals surface area contributed by atoms with Gasteiger partial charge in [0.2, 0.25) is 0 Å². The van der Waals surface area contributed by atoms with Crippen molar-refractivity contribution in [3.05, 3.63) is 59.7 Å². The van der Waals surface area contributed by atoms with E-state index in [-0.39, 0.29) is 24.1 Å². The number of rotatable bonds is 8. The fraction of sp³-hybridized carbons (Fsp3) is 0.304. The van der Waals surface area contributed by atoms with E-state index < -0.39 is 36.1 Å². The van der Waals surface area contributed by atoms with Gasteiger partial charge in [0.1, 0.15) is 5.75 Å². The number of hydrazone groups is 1. The van der Waals surface area contributed by atoms with Crippen LogP contribution in [0.15, 0.2) is 53.6 Å². The lowest BCUT2D eigenvalue weighted by molar-refractivity contribution is -0.139. The summed E-state index contributed by atoms with van der Waals surface area (Å²) in [4.78, 5) is 35.9. The molecule has 1 heterocycles. The number of hydrogen-bond acceptors (Lipinski definition) is 6. The molecule has 2 aromatic carbocycles. The first-order valence-electron chi connectivity index (χ1n) is 10.6. The third-order valence-corrected chi connectivity index (χ3v) is 4.87. The van der Waals surface area contributed by atoms with E-state index in [0.717, 1.165) is 25.0 Å². The largest absolute Gasteiger partial charge is 0.483 e. The van der Waals surface area contributed by atoms with Crippen LogP contribution in [-0.2, 0) is 25.3 Å². The van der Waals surface area contributed by atoms with Gasteiger partial charge in [-0.1, -0.05) is 24.3 Å². The molecule has 3 amide bonds. The Morgan fingerprint density at radius 3 is 2.57 bits per heavy atom. The van der Waals surface area contributed by atoms with Crippen LogP contribution < -0.4 is 20.8 Å². The van der Waals surface area contributed by atoms with E-state index in [4.69, 9.17) is 9.47 Å². The van der Waals surface area contributed by atoms with Crippen molar-refractivity contribution >= 4 is 29.6 Å². The number of amides is 3. The smallest absolute Gasteiger partial charge is 0.418 e. The Bertz CT molecular complexity index is 1080. The standard InChI is InChI=1S/C23H23F3N4O5/c24-23(25,26)17-8-2-3-9-18(17)29-20(31)14-35-19-10-4-1-6-15(19)12-28-30-22(33)21(32)27-13-16-7-5-11-34-16/h1-4,6,8-10,12,16H,5,7,11,13-14H2,(H,27,32)(H,29,31)(H,30,33)/b28-12-/t16-/m0/s1. The van der Waals surface area contributed by atoms with Crippen molar-refractivity contribution in [2.24, 2.45) is 5.10 Å². The second kappa shape index (κ2) is 12.0. The van der Waals surface area contributed by atoms with E-state index >= 15 is 0 Å². The zero-order valence-electron chi connectivity index (χ0n) is 18.4. The first-order valence-corrected chi connectivity index (χ1v) is 10.6. The van der Waals surface area contributed by atoms with Gasteiger partial charge in [-0.15, -0.1) is 0 Å². The van der Waals surface area contributed by atoms with E-state index in [1.165, 1.54) is 24.4 Å². The van der Waals surface area contributed by atoms with Crippen LogP contribution in [0.25, 0.3) is 0 Å². The van der Waals surface area contributed by atoms with E-state index in [1.54, 1.807) is 18.2 Å².